The van der Waals surface area contributed by atoms with Crippen LogP contribution in [0.3, 0.4) is 0 Å². The summed E-state index contributed by atoms with van der Waals surface area (Å²) in [6.45, 7) is -0.0560. The maximum absolute atomic E-state index is 10.5. The van der Waals surface area contributed by atoms with Crippen molar-refractivity contribution in [3.05, 3.63) is 0 Å². The molecule has 0 atom stereocenters. The van der Waals surface area contributed by atoms with Crippen LogP contribution in [0.25, 0.3) is 0 Å². The Bertz CT molecular complexity index is 142. The van der Waals surface area contributed by atoms with Crippen LogP contribution in [0, 0.1) is 24.7 Å². The largest absolute Gasteiger partial charge is 1.00 e. The van der Waals surface area contributed by atoms with Crippen LogP contribution in [0.1, 0.15) is 0 Å². The van der Waals surface area contributed by atoms with Gasteiger partial charge in [0, 0.05) is 0 Å². The van der Waals surface area contributed by atoms with Crippen molar-refractivity contribution in [2.45, 2.75) is 0 Å². The minimum Gasteiger partial charge on any atom is -0.786 e. The van der Waals surface area contributed by atoms with E-state index in [1.165, 1.54) is 0 Å². The van der Waals surface area contributed by atoms with E-state index in [0.29, 0.717) is 0 Å². The minimum absolute atomic E-state index is 0. The molecule has 0 amide bonds. The molecule has 0 saturated carbocycles. The van der Waals surface area contributed by atoms with Crippen molar-refractivity contribution in [3.63, 3.8) is 0 Å². The first kappa shape index (κ1) is 14.6. The molecule has 54 valence electrons. The van der Waals surface area contributed by atoms with Crippen molar-refractivity contribution in [2.75, 3.05) is 13.2 Å². The number of rotatable bonds is 4. The van der Waals surface area contributed by atoms with E-state index in [2.05, 4.69) is 20.9 Å². The Balaban J connectivity index is 0. The molecule has 0 rings (SSSR count). The topological polar surface area (TPSA) is 41.5 Å². The van der Waals surface area contributed by atoms with E-state index in [0.717, 1.165) is 0 Å². The third-order valence-electron chi connectivity index (χ3n) is 0.507. The van der Waals surface area contributed by atoms with E-state index in [4.69, 9.17) is 12.8 Å². The van der Waals surface area contributed by atoms with Crippen molar-refractivity contribution in [3.8, 4) is 24.7 Å². The van der Waals surface area contributed by atoms with E-state index < -0.39 is 8.60 Å². The molecule has 0 aliphatic carbocycles. The van der Waals surface area contributed by atoms with Gasteiger partial charge in [0.1, 0.15) is 13.2 Å². The second-order valence-electron chi connectivity index (χ2n) is 1.18. The molecule has 0 aromatic rings. The molecule has 0 aromatic carbocycles. The second-order valence-corrected chi connectivity index (χ2v) is 2.14. The molecule has 5 heteroatoms. The van der Waals surface area contributed by atoms with E-state index in [9.17, 15) is 4.89 Å². The van der Waals surface area contributed by atoms with Crippen molar-refractivity contribution < 1.29 is 65.3 Å². The molecule has 0 fully saturated rings. The molecule has 0 N–H and O–H groups in total. The predicted octanol–water partition coefficient (Wildman–Crippen LogP) is -3.12. The van der Waals surface area contributed by atoms with Crippen molar-refractivity contribution in [2.24, 2.45) is 0 Å². The standard InChI is InChI=1S/C6H6O3P.K/c1-3-5-8-10(7)9-6-4-2;/h1-2H,5-6H2;/q-1;+1. The Kier molecular flexibility index (Phi) is 14.7. The van der Waals surface area contributed by atoms with Gasteiger partial charge in [-0.25, -0.2) is 0 Å². The van der Waals surface area contributed by atoms with E-state index in [1.807, 2.05) is 0 Å². The Morgan fingerprint density at radius 3 is 1.82 bits per heavy atom. The van der Waals surface area contributed by atoms with E-state index in [-0.39, 0.29) is 64.6 Å². The molecular weight excluding hydrogens is 190 g/mol. The minimum atomic E-state index is -2.13. The van der Waals surface area contributed by atoms with Gasteiger partial charge in [-0.3, -0.25) is 0 Å². The van der Waals surface area contributed by atoms with Gasteiger partial charge in [-0.2, -0.15) is 0 Å². The van der Waals surface area contributed by atoms with Crippen molar-refractivity contribution in [1.82, 2.24) is 0 Å². The fourth-order valence-electron chi connectivity index (χ4n) is 0.217. The summed E-state index contributed by atoms with van der Waals surface area (Å²) < 4.78 is 8.90. The Morgan fingerprint density at radius 2 is 1.55 bits per heavy atom. The van der Waals surface area contributed by atoms with Gasteiger partial charge < -0.3 is 13.9 Å². The molecular formula is C6H6KO3P. The summed E-state index contributed by atoms with van der Waals surface area (Å²) >= 11 is 0. The fourth-order valence-corrected chi connectivity index (χ4v) is 0.652. The summed E-state index contributed by atoms with van der Waals surface area (Å²) in [5.41, 5.74) is 0. The average Bonchev–Trinajstić information content (AvgIpc) is 1.97. The zero-order chi connectivity index (χ0) is 7.82. The molecule has 0 spiro atoms. The molecule has 0 bridgehead atoms. The molecule has 0 aliphatic rings. The summed E-state index contributed by atoms with van der Waals surface area (Å²) in [5.74, 6) is 4.27. The Morgan fingerprint density at radius 1 is 1.18 bits per heavy atom. The number of terminal acetylenes is 2. The SMILES string of the molecule is C#CCOP([O-])OCC#C.[K+]. The fraction of sp³-hybridized carbons (Fsp3) is 0.333. The van der Waals surface area contributed by atoms with Crippen molar-refractivity contribution in [1.29, 1.82) is 0 Å². The predicted molar refractivity (Wildman–Crippen MR) is 36.5 cm³/mol. The maximum Gasteiger partial charge on any atom is 1.00 e. The smallest absolute Gasteiger partial charge is 0.786 e. The summed E-state index contributed by atoms with van der Waals surface area (Å²) in [7, 11) is -2.13. The molecule has 0 saturated heterocycles. The zero-order valence-corrected chi connectivity index (χ0v) is 10.3. The summed E-state index contributed by atoms with van der Waals surface area (Å²) in [6, 6.07) is 0. The molecule has 0 heterocycles. The quantitative estimate of drug-likeness (QED) is 0.271. The Hall–Kier alpha value is 1.07. The van der Waals surface area contributed by atoms with Crippen molar-refractivity contribution >= 4 is 8.60 Å². The first-order valence-corrected chi connectivity index (χ1v) is 3.50. The van der Waals surface area contributed by atoms with Gasteiger partial charge in [0.2, 0.25) is 0 Å². The van der Waals surface area contributed by atoms with Crippen LogP contribution in [0.2, 0.25) is 0 Å². The molecule has 3 nitrogen and oxygen atoms in total. The average molecular weight is 196 g/mol. The van der Waals surface area contributed by atoms with Crippen LogP contribution in [-0.2, 0) is 9.05 Å². The van der Waals surface area contributed by atoms with E-state index >= 15 is 0 Å². The number of hydrogen-bond acceptors (Lipinski definition) is 3. The van der Waals surface area contributed by atoms with Gasteiger partial charge in [0.05, 0.1) is 8.60 Å². The van der Waals surface area contributed by atoms with Crippen LogP contribution in [0.5, 0.6) is 0 Å². The summed E-state index contributed by atoms with van der Waals surface area (Å²) in [6.07, 6.45) is 9.61. The number of hydrogen-bond donors (Lipinski definition) is 0. The van der Waals surface area contributed by atoms with Gasteiger partial charge in [-0.05, 0) is 0 Å². The second kappa shape index (κ2) is 11.1. The first-order valence-electron chi connectivity index (χ1n) is 2.41. The maximum atomic E-state index is 10.5. The van der Waals surface area contributed by atoms with E-state index in [1.54, 1.807) is 0 Å². The van der Waals surface area contributed by atoms with Gasteiger partial charge in [0.15, 0.2) is 0 Å². The van der Waals surface area contributed by atoms with Crippen LogP contribution in [-0.4, -0.2) is 13.2 Å². The Labute approximate surface area is 110 Å². The molecule has 0 radical (unpaired) electrons. The van der Waals surface area contributed by atoms with Gasteiger partial charge >= 0.3 is 51.4 Å². The first-order chi connectivity index (χ1) is 4.81. The van der Waals surface area contributed by atoms with Crippen LogP contribution >= 0.6 is 8.60 Å². The summed E-state index contributed by atoms with van der Waals surface area (Å²) in [4.78, 5) is 10.5. The molecule has 11 heavy (non-hydrogen) atoms. The molecule has 0 aliphatic heterocycles. The van der Waals surface area contributed by atoms with Gasteiger partial charge in [-0.15, -0.1) is 12.8 Å². The summed E-state index contributed by atoms with van der Waals surface area (Å²) in [5, 5.41) is 0. The van der Waals surface area contributed by atoms with Crippen LogP contribution < -0.4 is 56.3 Å². The van der Waals surface area contributed by atoms with Crippen LogP contribution in [0.4, 0.5) is 0 Å². The normalized spacial score (nSPS) is 8.00. The third kappa shape index (κ3) is 11.1. The molecule has 0 unspecified atom stereocenters. The molecule has 0 aromatic heterocycles. The third-order valence-corrected chi connectivity index (χ3v) is 1.19. The monoisotopic (exact) mass is 196 g/mol. The van der Waals surface area contributed by atoms with Gasteiger partial charge in [-0.1, -0.05) is 11.8 Å². The zero-order valence-electron chi connectivity index (χ0n) is 6.24. The van der Waals surface area contributed by atoms with Gasteiger partial charge in [0.25, 0.3) is 0 Å². The van der Waals surface area contributed by atoms with Crippen LogP contribution in [0.15, 0.2) is 0 Å².